The summed E-state index contributed by atoms with van der Waals surface area (Å²) in [7, 11) is 1.62. The zero-order valence-electron chi connectivity index (χ0n) is 10.7. The molecule has 0 saturated carbocycles. The number of hydrogen-bond acceptors (Lipinski definition) is 4. The number of nitrogens with zero attached hydrogens (tertiary/aromatic N) is 1. The molecule has 0 unspecified atom stereocenters. The van der Waals surface area contributed by atoms with Crippen LogP contribution in [0.1, 0.15) is 11.3 Å². The van der Waals surface area contributed by atoms with Gasteiger partial charge < -0.3 is 15.0 Å². The number of methoxy groups -OCH3 is 1. The van der Waals surface area contributed by atoms with Crippen molar-refractivity contribution in [1.82, 2.24) is 15.3 Å². The zero-order chi connectivity index (χ0) is 13.2. The van der Waals surface area contributed by atoms with E-state index in [9.17, 15) is 4.79 Å². The Labute approximate surface area is 110 Å². The highest BCUT2D eigenvalue weighted by Gasteiger charge is 2.15. The summed E-state index contributed by atoms with van der Waals surface area (Å²) in [5.74, 6) is 1.39. The van der Waals surface area contributed by atoms with Crippen LogP contribution in [0.3, 0.4) is 0 Å². The lowest BCUT2D eigenvalue weighted by atomic mass is 10.1. The molecule has 1 aliphatic rings. The second kappa shape index (κ2) is 4.85. The summed E-state index contributed by atoms with van der Waals surface area (Å²) in [5.41, 5.74) is 2.50. The highest BCUT2D eigenvalue weighted by Crippen LogP contribution is 2.19. The molecule has 0 atom stereocenters. The fraction of sp³-hybridized carbons (Fsp3) is 0.286. The minimum atomic E-state index is -0.0303. The van der Waals surface area contributed by atoms with Gasteiger partial charge in [0.2, 0.25) is 0 Å². The van der Waals surface area contributed by atoms with Crippen molar-refractivity contribution in [2.75, 3.05) is 13.7 Å². The van der Waals surface area contributed by atoms with Crippen LogP contribution < -0.4 is 15.6 Å². The van der Waals surface area contributed by atoms with Crippen LogP contribution in [0.2, 0.25) is 0 Å². The van der Waals surface area contributed by atoms with Crippen LogP contribution in [0.5, 0.6) is 5.75 Å². The van der Waals surface area contributed by atoms with Gasteiger partial charge in [0.1, 0.15) is 11.6 Å². The normalized spacial score (nSPS) is 13.9. The number of hydrogen-bond donors (Lipinski definition) is 2. The molecule has 0 spiro atoms. The molecule has 1 aromatic heterocycles. The second-order valence-electron chi connectivity index (χ2n) is 4.50. The van der Waals surface area contributed by atoms with Crippen molar-refractivity contribution >= 4 is 0 Å². The molecule has 0 amide bonds. The summed E-state index contributed by atoms with van der Waals surface area (Å²) in [6, 6.07) is 7.49. The molecule has 1 aliphatic heterocycles. The fourth-order valence-corrected chi connectivity index (χ4v) is 2.25. The van der Waals surface area contributed by atoms with Crippen LogP contribution >= 0.6 is 0 Å². The van der Waals surface area contributed by atoms with Crippen LogP contribution in [0.4, 0.5) is 0 Å². The van der Waals surface area contributed by atoms with E-state index in [0.717, 1.165) is 35.5 Å². The van der Waals surface area contributed by atoms with Gasteiger partial charge in [0.25, 0.3) is 5.56 Å². The molecule has 0 radical (unpaired) electrons. The first-order valence-electron chi connectivity index (χ1n) is 6.25. The lowest BCUT2D eigenvalue weighted by molar-refractivity contribution is 0.415. The van der Waals surface area contributed by atoms with E-state index in [1.165, 1.54) is 0 Å². The predicted molar refractivity (Wildman–Crippen MR) is 72.3 cm³/mol. The molecule has 3 rings (SSSR count). The Morgan fingerprint density at radius 1 is 1.26 bits per heavy atom. The SMILES string of the molecule is COc1ccc(-c2nc3c(c(=O)[nH]2)CCNC3)cc1. The Kier molecular flexibility index (Phi) is 3.05. The third-order valence-corrected chi connectivity index (χ3v) is 3.31. The third-order valence-electron chi connectivity index (χ3n) is 3.31. The first kappa shape index (κ1) is 11.9. The lowest BCUT2D eigenvalue weighted by Crippen LogP contribution is -2.31. The number of aromatic amines is 1. The highest BCUT2D eigenvalue weighted by molar-refractivity contribution is 5.56. The van der Waals surface area contributed by atoms with Crippen LogP contribution in [0.25, 0.3) is 11.4 Å². The van der Waals surface area contributed by atoms with E-state index in [4.69, 9.17) is 4.74 Å². The van der Waals surface area contributed by atoms with E-state index >= 15 is 0 Å². The van der Waals surface area contributed by atoms with Gasteiger partial charge >= 0.3 is 0 Å². The van der Waals surface area contributed by atoms with Gasteiger partial charge in [-0.05, 0) is 37.2 Å². The van der Waals surface area contributed by atoms with Crippen molar-refractivity contribution in [3.05, 3.63) is 45.9 Å². The summed E-state index contributed by atoms with van der Waals surface area (Å²) in [6.45, 7) is 1.49. The smallest absolute Gasteiger partial charge is 0.254 e. The van der Waals surface area contributed by atoms with Crippen molar-refractivity contribution in [2.24, 2.45) is 0 Å². The molecule has 0 bridgehead atoms. The molecule has 0 saturated heterocycles. The van der Waals surface area contributed by atoms with E-state index in [-0.39, 0.29) is 5.56 Å². The highest BCUT2D eigenvalue weighted by atomic mass is 16.5. The Hall–Kier alpha value is -2.14. The van der Waals surface area contributed by atoms with Crippen molar-refractivity contribution in [2.45, 2.75) is 13.0 Å². The van der Waals surface area contributed by atoms with E-state index in [0.29, 0.717) is 12.4 Å². The monoisotopic (exact) mass is 257 g/mol. The average Bonchev–Trinajstić information content (AvgIpc) is 2.47. The molecule has 5 heteroatoms. The number of fused-ring (bicyclic) bond motifs is 1. The van der Waals surface area contributed by atoms with E-state index in [1.807, 2.05) is 24.3 Å². The number of nitrogens with one attached hydrogen (secondary N) is 2. The Morgan fingerprint density at radius 2 is 2.05 bits per heavy atom. The number of benzene rings is 1. The second-order valence-corrected chi connectivity index (χ2v) is 4.50. The Balaban J connectivity index is 2.05. The number of rotatable bonds is 2. The average molecular weight is 257 g/mol. The molecule has 5 nitrogen and oxygen atoms in total. The predicted octanol–water partition coefficient (Wildman–Crippen LogP) is 1.09. The molecular formula is C14H15N3O2. The molecule has 1 aromatic carbocycles. The minimum absolute atomic E-state index is 0.0303. The molecule has 19 heavy (non-hydrogen) atoms. The zero-order valence-corrected chi connectivity index (χ0v) is 10.7. The van der Waals surface area contributed by atoms with Crippen molar-refractivity contribution < 1.29 is 4.74 Å². The summed E-state index contributed by atoms with van der Waals surface area (Å²) < 4.78 is 5.12. The first-order chi connectivity index (χ1) is 9.28. The maximum Gasteiger partial charge on any atom is 0.254 e. The van der Waals surface area contributed by atoms with E-state index in [1.54, 1.807) is 7.11 Å². The van der Waals surface area contributed by atoms with Gasteiger partial charge in [-0.15, -0.1) is 0 Å². The number of H-pyrrole nitrogens is 1. The molecule has 2 heterocycles. The Bertz CT molecular complexity index is 647. The summed E-state index contributed by atoms with van der Waals surface area (Å²) in [4.78, 5) is 19.4. The van der Waals surface area contributed by atoms with Crippen LogP contribution in [-0.4, -0.2) is 23.6 Å². The topological polar surface area (TPSA) is 67.0 Å². The van der Waals surface area contributed by atoms with Gasteiger partial charge in [-0.1, -0.05) is 0 Å². The maximum atomic E-state index is 12.0. The van der Waals surface area contributed by atoms with Gasteiger partial charge in [0.15, 0.2) is 0 Å². The first-order valence-corrected chi connectivity index (χ1v) is 6.25. The molecule has 98 valence electrons. The van der Waals surface area contributed by atoms with Crippen LogP contribution in [0.15, 0.2) is 29.1 Å². The number of ether oxygens (including phenoxy) is 1. The fourth-order valence-electron chi connectivity index (χ4n) is 2.25. The standard InChI is InChI=1S/C14H15N3O2/c1-19-10-4-2-9(3-5-10)13-16-12-8-15-7-6-11(12)14(18)17-13/h2-5,15H,6-8H2,1H3,(H,16,17,18). The maximum absolute atomic E-state index is 12.0. The summed E-state index contributed by atoms with van der Waals surface area (Å²) in [6.07, 6.45) is 0.737. The van der Waals surface area contributed by atoms with Crippen LogP contribution in [0, 0.1) is 0 Å². The minimum Gasteiger partial charge on any atom is -0.497 e. The van der Waals surface area contributed by atoms with Gasteiger partial charge in [-0.3, -0.25) is 4.79 Å². The Morgan fingerprint density at radius 3 is 2.79 bits per heavy atom. The summed E-state index contributed by atoms with van der Waals surface area (Å²) >= 11 is 0. The molecule has 0 aliphatic carbocycles. The van der Waals surface area contributed by atoms with Gasteiger partial charge in [-0.25, -0.2) is 4.98 Å². The van der Waals surface area contributed by atoms with Gasteiger partial charge in [0.05, 0.1) is 12.8 Å². The van der Waals surface area contributed by atoms with Crippen LogP contribution in [-0.2, 0) is 13.0 Å². The third kappa shape index (κ3) is 2.24. The number of aromatic nitrogens is 2. The molecule has 2 aromatic rings. The van der Waals surface area contributed by atoms with Crippen molar-refractivity contribution in [3.63, 3.8) is 0 Å². The van der Waals surface area contributed by atoms with Gasteiger partial charge in [-0.2, -0.15) is 0 Å². The lowest BCUT2D eigenvalue weighted by Gasteiger charge is -2.15. The van der Waals surface area contributed by atoms with E-state index < -0.39 is 0 Å². The van der Waals surface area contributed by atoms with E-state index in [2.05, 4.69) is 15.3 Å². The van der Waals surface area contributed by atoms with Crippen molar-refractivity contribution in [1.29, 1.82) is 0 Å². The molecule has 0 fully saturated rings. The summed E-state index contributed by atoms with van der Waals surface area (Å²) in [5, 5.41) is 3.23. The van der Waals surface area contributed by atoms with Gasteiger partial charge in [0, 0.05) is 17.7 Å². The molecule has 2 N–H and O–H groups in total. The quantitative estimate of drug-likeness (QED) is 0.845. The largest absolute Gasteiger partial charge is 0.497 e. The molecular weight excluding hydrogens is 242 g/mol. The van der Waals surface area contributed by atoms with Crippen molar-refractivity contribution in [3.8, 4) is 17.1 Å².